The second kappa shape index (κ2) is 12.4. The van der Waals surface area contributed by atoms with Crippen molar-refractivity contribution in [1.29, 1.82) is 0 Å². The number of benzene rings is 3. The SMILES string of the molecule is COc1ccc(/C=C2/SC(=O)N(CC(=O)Nc3ccc(C(C)C)cc3)C2=O)cc1OCc1c(F)cccc1Cl. The van der Waals surface area contributed by atoms with Gasteiger partial charge in [0.25, 0.3) is 11.1 Å². The first-order chi connectivity index (χ1) is 18.7. The minimum Gasteiger partial charge on any atom is -0.493 e. The summed E-state index contributed by atoms with van der Waals surface area (Å²) in [7, 11) is 1.47. The number of carbonyl (C=O) groups is 3. The fraction of sp³-hybridized carbons (Fsp3) is 0.207. The maximum atomic E-state index is 14.1. The third-order valence-electron chi connectivity index (χ3n) is 5.96. The fourth-order valence-corrected chi connectivity index (χ4v) is 4.86. The second-order valence-electron chi connectivity index (χ2n) is 8.99. The molecule has 7 nitrogen and oxygen atoms in total. The zero-order valence-corrected chi connectivity index (χ0v) is 23.1. The van der Waals surface area contributed by atoms with E-state index >= 15 is 0 Å². The van der Waals surface area contributed by atoms with E-state index in [1.54, 1.807) is 36.4 Å². The van der Waals surface area contributed by atoms with Crippen LogP contribution in [0.4, 0.5) is 14.9 Å². The number of nitrogens with zero attached hydrogens (tertiary/aromatic N) is 1. The van der Waals surface area contributed by atoms with Crippen LogP contribution in [0.25, 0.3) is 6.08 Å². The number of anilines is 1. The molecule has 202 valence electrons. The van der Waals surface area contributed by atoms with Crippen LogP contribution in [0.2, 0.25) is 5.02 Å². The number of nitrogens with one attached hydrogen (secondary N) is 1. The quantitative estimate of drug-likeness (QED) is 0.284. The Kier molecular flexibility index (Phi) is 8.93. The topological polar surface area (TPSA) is 84.9 Å². The highest BCUT2D eigenvalue weighted by atomic mass is 35.5. The van der Waals surface area contributed by atoms with Gasteiger partial charge in [-0.05, 0) is 71.3 Å². The Bertz CT molecular complexity index is 1420. The van der Waals surface area contributed by atoms with E-state index in [-0.39, 0.29) is 22.1 Å². The number of thioether (sulfide) groups is 1. The summed E-state index contributed by atoms with van der Waals surface area (Å²) in [6, 6.07) is 16.7. The monoisotopic (exact) mass is 568 g/mol. The number of imide groups is 1. The number of hydrogen-bond donors (Lipinski definition) is 1. The minimum atomic E-state index is -0.577. The van der Waals surface area contributed by atoms with Gasteiger partial charge >= 0.3 is 0 Å². The summed E-state index contributed by atoms with van der Waals surface area (Å²) in [5.41, 5.74) is 2.45. The number of ether oxygens (including phenoxy) is 2. The van der Waals surface area contributed by atoms with Crippen molar-refractivity contribution in [1.82, 2.24) is 4.90 Å². The average molecular weight is 569 g/mol. The third kappa shape index (κ3) is 6.79. The van der Waals surface area contributed by atoms with Gasteiger partial charge in [-0.25, -0.2) is 4.39 Å². The molecule has 3 amide bonds. The molecule has 0 atom stereocenters. The molecule has 0 unspecified atom stereocenters. The van der Waals surface area contributed by atoms with Crippen molar-refractivity contribution in [3.63, 3.8) is 0 Å². The van der Waals surface area contributed by atoms with E-state index in [2.05, 4.69) is 19.2 Å². The first-order valence-corrected chi connectivity index (χ1v) is 13.2. The zero-order valence-electron chi connectivity index (χ0n) is 21.5. The van der Waals surface area contributed by atoms with Crippen molar-refractivity contribution in [2.45, 2.75) is 26.4 Å². The Morgan fingerprint density at radius 2 is 1.85 bits per heavy atom. The second-order valence-corrected chi connectivity index (χ2v) is 10.4. The molecule has 1 fully saturated rings. The maximum Gasteiger partial charge on any atom is 0.294 e. The molecule has 39 heavy (non-hydrogen) atoms. The Hall–Kier alpha value is -3.82. The molecule has 1 heterocycles. The van der Waals surface area contributed by atoms with Crippen LogP contribution in [0.5, 0.6) is 11.5 Å². The fourth-order valence-electron chi connectivity index (χ4n) is 3.80. The molecule has 1 aliphatic heterocycles. The number of carbonyl (C=O) groups excluding carboxylic acids is 3. The number of rotatable bonds is 9. The molecule has 0 aromatic heterocycles. The van der Waals surface area contributed by atoms with Gasteiger partial charge in [-0.2, -0.15) is 0 Å². The lowest BCUT2D eigenvalue weighted by Crippen LogP contribution is -2.36. The highest BCUT2D eigenvalue weighted by molar-refractivity contribution is 8.18. The lowest BCUT2D eigenvalue weighted by atomic mass is 10.0. The van der Waals surface area contributed by atoms with Crippen molar-refractivity contribution >= 4 is 52.2 Å². The first-order valence-electron chi connectivity index (χ1n) is 12.0. The molecular formula is C29H26ClFN2O5S. The maximum absolute atomic E-state index is 14.1. The lowest BCUT2D eigenvalue weighted by molar-refractivity contribution is -0.127. The number of hydrogen-bond acceptors (Lipinski definition) is 6. The molecule has 0 radical (unpaired) electrons. The summed E-state index contributed by atoms with van der Waals surface area (Å²) in [5, 5.41) is 2.40. The molecule has 3 aromatic rings. The van der Waals surface area contributed by atoms with Gasteiger partial charge in [-0.3, -0.25) is 19.3 Å². The summed E-state index contributed by atoms with van der Waals surface area (Å²) in [6.45, 7) is 3.59. The first kappa shape index (κ1) is 28.2. The van der Waals surface area contributed by atoms with Crippen LogP contribution in [-0.2, 0) is 16.2 Å². The molecule has 4 rings (SSSR count). The molecule has 3 aromatic carbocycles. The predicted octanol–water partition coefficient (Wildman–Crippen LogP) is 6.87. The summed E-state index contributed by atoms with van der Waals surface area (Å²) >= 11 is 6.83. The van der Waals surface area contributed by atoms with Crippen LogP contribution in [-0.4, -0.2) is 35.6 Å². The third-order valence-corrected chi connectivity index (χ3v) is 7.22. The van der Waals surface area contributed by atoms with Crippen molar-refractivity contribution in [3.8, 4) is 11.5 Å². The summed E-state index contributed by atoms with van der Waals surface area (Å²) in [5.74, 6) is -0.508. The number of halogens is 2. The van der Waals surface area contributed by atoms with E-state index in [0.717, 1.165) is 22.2 Å². The standard InChI is InChI=1S/C29H26ClFN2O5S/c1-17(2)19-8-10-20(11-9-19)32-27(34)15-33-28(35)26(39-29(33)36)14-18-7-12-24(37-3)25(13-18)38-16-21-22(30)5-4-6-23(21)31/h4-14,17H,15-16H2,1-3H3,(H,32,34)/b26-14+. The van der Waals surface area contributed by atoms with E-state index in [4.69, 9.17) is 21.1 Å². The van der Waals surface area contributed by atoms with Crippen molar-refractivity contribution in [2.75, 3.05) is 19.0 Å². The molecule has 1 N–H and O–H groups in total. The van der Waals surface area contributed by atoms with Crippen molar-refractivity contribution in [2.24, 2.45) is 0 Å². The van der Waals surface area contributed by atoms with E-state index < -0.39 is 29.4 Å². The van der Waals surface area contributed by atoms with Gasteiger partial charge in [0, 0.05) is 11.3 Å². The van der Waals surface area contributed by atoms with E-state index in [1.165, 1.54) is 25.3 Å². The van der Waals surface area contributed by atoms with Crippen LogP contribution >= 0.6 is 23.4 Å². The molecule has 0 spiro atoms. The van der Waals surface area contributed by atoms with Gasteiger partial charge in [0.05, 0.1) is 17.0 Å². The van der Waals surface area contributed by atoms with Crippen molar-refractivity contribution < 1.29 is 28.2 Å². The van der Waals surface area contributed by atoms with Gasteiger partial charge in [0.15, 0.2) is 11.5 Å². The zero-order chi connectivity index (χ0) is 28.1. The van der Waals surface area contributed by atoms with Crippen LogP contribution in [0.15, 0.2) is 65.6 Å². The predicted molar refractivity (Wildman–Crippen MR) is 151 cm³/mol. The molecule has 10 heteroatoms. The van der Waals surface area contributed by atoms with Gasteiger partial charge in [-0.15, -0.1) is 0 Å². The normalized spacial score (nSPS) is 14.3. The Morgan fingerprint density at radius 3 is 2.51 bits per heavy atom. The smallest absolute Gasteiger partial charge is 0.294 e. The van der Waals surface area contributed by atoms with Gasteiger partial charge in [-0.1, -0.05) is 49.7 Å². The molecule has 0 bridgehead atoms. The molecule has 1 saturated heterocycles. The van der Waals surface area contributed by atoms with Crippen LogP contribution in [0.3, 0.4) is 0 Å². The van der Waals surface area contributed by atoms with Crippen LogP contribution < -0.4 is 14.8 Å². The molecule has 1 aliphatic rings. The molecule has 0 saturated carbocycles. The highest BCUT2D eigenvalue weighted by Crippen LogP contribution is 2.35. The van der Waals surface area contributed by atoms with Gasteiger partial charge < -0.3 is 14.8 Å². The summed E-state index contributed by atoms with van der Waals surface area (Å²) in [4.78, 5) is 39.1. The van der Waals surface area contributed by atoms with E-state index in [9.17, 15) is 18.8 Å². The number of amides is 3. The van der Waals surface area contributed by atoms with Gasteiger partial charge in [0.2, 0.25) is 5.91 Å². The Morgan fingerprint density at radius 1 is 1.10 bits per heavy atom. The lowest BCUT2D eigenvalue weighted by Gasteiger charge is -2.13. The Labute approximate surface area is 234 Å². The minimum absolute atomic E-state index is 0.142. The Balaban J connectivity index is 1.45. The summed E-state index contributed by atoms with van der Waals surface area (Å²) < 4.78 is 25.3. The van der Waals surface area contributed by atoms with E-state index in [1.807, 2.05) is 12.1 Å². The molecular weight excluding hydrogens is 543 g/mol. The van der Waals surface area contributed by atoms with E-state index in [0.29, 0.717) is 28.7 Å². The van der Waals surface area contributed by atoms with Crippen LogP contribution in [0, 0.1) is 5.82 Å². The van der Waals surface area contributed by atoms with Crippen molar-refractivity contribution in [3.05, 3.63) is 93.1 Å². The van der Waals surface area contributed by atoms with Gasteiger partial charge in [0.1, 0.15) is 19.0 Å². The summed E-state index contributed by atoms with van der Waals surface area (Å²) in [6.07, 6.45) is 1.52. The largest absolute Gasteiger partial charge is 0.493 e. The average Bonchev–Trinajstić information content (AvgIpc) is 3.16. The molecule has 0 aliphatic carbocycles. The number of methoxy groups -OCH3 is 1. The highest BCUT2D eigenvalue weighted by Gasteiger charge is 2.36. The van der Waals surface area contributed by atoms with Crippen LogP contribution in [0.1, 0.15) is 36.5 Å².